The monoisotopic (exact) mass is 334 g/mol. The normalized spacial score (nSPS) is 12.0. The van der Waals surface area contributed by atoms with Gasteiger partial charge in [0, 0.05) is 38.8 Å². The highest BCUT2D eigenvalue weighted by atomic mass is 16.3. The van der Waals surface area contributed by atoms with Crippen LogP contribution >= 0.6 is 0 Å². The number of aromatic nitrogens is 2. The summed E-state index contributed by atoms with van der Waals surface area (Å²) >= 11 is 0. The zero-order chi connectivity index (χ0) is 17.3. The Labute approximate surface area is 148 Å². The first-order valence-corrected chi connectivity index (χ1v) is 8.69. The number of pyridine rings is 2. The molecular formula is C23H14N2O. The SMILES string of the molecule is Cc1ccc2c(n1)oc1c2ccc2c3ccccc3c3ncccc3c21. The van der Waals surface area contributed by atoms with E-state index in [1.807, 2.05) is 25.3 Å². The number of hydrogen-bond donors (Lipinski definition) is 0. The second-order valence-electron chi connectivity index (χ2n) is 6.72. The largest absolute Gasteiger partial charge is 0.437 e. The van der Waals surface area contributed by atoms with E-state index in [2.05, 4.69) is 58.5 Å². The minimum atomic E-state index is 0.692. The van der Waals surface area contributed by atoms with E-state index in [-0.39, 0.29) is 0 Å². The van der Waals surface area contributed by atoms with Crippen molar-refractivity contribution in [3.05, 3.63) is 72.6 Å². The fourth-order valence-corrected chi connectivity index (χ4v) is 4.05. The van der Waals surface area contributed by atoms with Crippen molar-refractivity contribution in [3.63, 3.8) is 0 Å². The lowest BCUT2D eigenvalue weighted by Crippen LogP contribution is -1.85. The van der Waals surface area contributed by atoms with Gasteiger partial charge in [0.1, 0.15) is 5.58 Å². The molecule has 3 heterocycles. The number of rotatable bonds is 0. The fraction of sp³-hybridized carbons (Fsp3) is 0.0435. The molecule has 3 nitrogen and oxygen atoms in total. The summed E-state index contributed by atoms with van der Waals surface area (Å²) in [5, 5.41) is 7.92. The molecule has 0 saturated heterocycles. The van der Waals surface area contributed by atoms with Crippen molar-refractivity contribution < 1.29 is 4.42 Å². The standard InChI is InChI=1S/C23H14N2O/c1-13-8-9-18-17-11-10-15-14-5-2-3-6-16(14)21-19(7-4-12-24-21)20(15)22(17)26-23(18)25-13/h2-12H,1H3. The van der Waals surface area contributed by atoms with E-state index in [0.29, 0.717) is 5.71 Å². The molecular weight excluding hydrogens is 320 g/mol. The zero-order valence-corrected chi connectivity index (χ0v) is 14.2. The highest BCUT2D eigenvalue weighted by molar-refractivity contribution is 6.31. The van der Waals surface area contributed by atoms with Crippen molar-refractivity contribution in [2.24, 2.45) is 0 Å². The summed E-state index contributed by atoms with van der Waals surface area (Å²) in [7, 11) is 0. The minimum Gasteiger partial charge on any atom is -0.437 e. The number of furan rings is 1. The molecule has 0 spiro atoms. The van der Waals surface area contributed by atoms with Crippen LogP contribution in [0.1, 0.15) is 5.69 Å². The second-order valence-corrected chi connectivity index (χ2v) is 6.72. The van der Waals surface area contributed by atoms with Gasteiger partial charge in [-0.05, 0) is 42.0 Å². The molecule has 0 bridgehead atoms. The molecule has 0 atom stereocenters. The van der Waals surface area contributed by atoms with Gasteiger partial charge in [0.2, 0.25) is 5.71 Å². The second kappa shape index (κ2) is 4.79. The molecule has 26 heavy (non-hydrogen) atoms. The van der Waals surface area contributed by atoms with Crippen LogP contribution in [-0.2, 0) is 0 Å². The Morgan fingerprint density at radius 3 is 2.38 bits per heavy atom. The molecule has 0 radical (unpaired) electrons. The lowest BCUT2D eigenvalue weighted by atomic mass is 9.95. The number of hydrogen-bond acceptors (Lipinski definition) is 3. The van der Waals surface area contributed by atoms with Crippen molar-refractivity contribution in [2.75, 3.05) is 0 Å². The summed E-state index contributed by atoms with van der Waals surface area (Å²) in [6, 6.07) is 21.0. The molecule has 0 aliphatic carbocycles. The van der Waals surface area contributed by atoms with Crippen LogP contribution in [0.5, 0.6) is 0 Å². The van der Waals surface area contributed by atoms with Crippen LogP contribution in [0.4, 0.5) is 0 Å². The molecule has 0 fully saturated rings. The van der Waals surface area contributed by atoms with E-state index >= 15 is 0 Å². The van der Waals surface area contributed by atoms with Gasteiger partial charge >= 0.3 is 0 Å². The summed E-state index contributed by atoms with van der Waals surface area (Å²) in [6.45, 7) is 1.98. The Balaban J connectivity index is 1.98. The maximum Gasteiger partial charge on any atom is 0.227 e. The van der Waals surface area contributed by atoms with Crippen molar-refractivity contribution in [2.45, 2.75) is 6.92 Å². The molecule has 122 valence electrons. The van der Waals surface area contributed by atoms with E-state index in [1.54, 1.807) is 0 Å². The predicted molar refractivity (Wildman–Crippen MR) is 107 cm³/mol. The minimum absolute atomic E-state index is 0.692. The molecule has 0 N–H and O–H groups in total. The average Bonchev–Trinajstić information content (AvgIpc) is 3.05. The quantitative estimate of drug-likeness (QED) is 0.313. The van der Waals surface area contributed by atoms with Gasteiger partial charge < -0.3 is 4.42 Å². The summed E-state index contributed by atoms with van der Waals surface area (Å²) in [6.07, 6.45) is 1.85. The average molecular weight is 334 g/mol. The maximum atomic E-state index is 6.26. The van der Waals surface area contributed by atoms with Gasteiger partial charge in [0.15, 0.2) is 0 Å². The van der Waals surface area contributed by atoms with Gasteiger partial charge in [0.25, 0.3) is 0 Å². The summed E-state index contributed by atoms with van der Waals surface area (Å²) in [5.41, 5.74) is 3.54. The van der Waals surface area contributed by atoms with Crippen molar-refractivity contribution in [3.8, 4) is 0 Å². The first kappa shape index (κ1) is 13.8. The first-order valence-electron chi connectivity index (χ1n) is 8.69. The lowest BCUT2D eigenvalue weighted by Gasteiger charge is -2.09. The van der Waals surface area contributed by atoms with Gasteiger partial charge in [-0.25, -0.2) is 4.98 Å². The van der Waals surface area contributed by atoms with Gasteiger partial charge in [-0.15, -0.1) is 0 Å². The van der Waals surface area contributed by atoms with Crippen LogP contribution in [-0.4, -0.2) is 9.97 Å². The first-order chi connectivity index (χ1) is 12.8. The number of nitrogens with zero attached hydrogens (tertiary/aromatic N) is 2. The van der Waals surface area contributed by atoms with Crippen LogP contribution < -0.4 is 0 Å². The number of aryl methyl sites for hydroxylation is 1. The Hall–Kier alpha value is -3.46. The summed E-state index contributed by atoms with van der Waals surface area (Å²) in [5.74, 6) is 0. The Morgan fingerprint density at radius 2 is 1.46 bits per heavy atom. The Kier molecular flexibility index (Phi) is 2.54. The molecule has 3 heteroatoms. The zero-order valence-electron chi connectivity index (χ0n) is 14.2. The number of benzene rings is 3. The molecule has 0 unspecified atom stereocenters. The predicted octanol–water partition coefficient (Wildman–Crippen LogP) is 6.14. The highest BCUT2D eigenvalue weighted by Gasteiger charge is 2.16. The van der Waals surface area contributed by atoms with E-state index in [9.17, 15) is 0 Å². The molecule has 0 amide bonds. The smallest absolute Gasteiger partial charge is 0.227 e. The van der Waals surface area contributed by atoms with Crippen LogP contribution in [0.15, 0.2) is 71.3 Å². The van der Waals surface area contributed by atoms with Crippen molar-refractivity contribution in [1.82, 2.24) is 9.97 Å². The third-order valence-electron chi connectivity index (χ3n) is 5.20. The molecule has 3 aromatic carbocycles. The Bertz CT molecular complexity index is 1460. The molecule has 0 aliphatic rings. The van der Waals surface area contributed by atoms with Crippen molar-refractivity contribution >= 4 is 54.5 Å². The van der Waals surface area contributed by atoms with E-state index < -0.39 is 0 Å². The van der Waals surface area contributed by atoms with E-state index in [0.717, 1.165) is 38.3 Å². The van der Waals surface area contributed by atoms with Gasteiger partial charge in [-0.3, -0.25) is 4.98 Å². The van der Waals surface area contributed by atoms with Gasteiger partial charge in [-0.1, -0.05) is 36.4 Å². The van der Waals surface area contributed by atoms with Gasteiger partial charge in [0.05, 0.1) is 5.52 Å². The third kappa shape index (κ3) is 1.67. The van der Waals surface area contributed by atoms with E-state index in [4.69, 9.17) is 4.42 Å². The van der Waals surface area contributed by atoms with Gasteiger partial charge in [-0.2, -0.15) is 0 Å². The maximum absolute atomic E-state index is 6.26. The number of fused-ring (bicyclic) bond motifs is 10. The van der Waals surface area contributed by atoms with Crippen LogP contribution in [0, 0.1) is 6.92 Å². The molecule has 3 aromatic heterocycles. The third-order valence-corrected chi connectivity index (χ3v) is 5.20. The van der Waals surface area contributed by atoms with E-state index in [1.165, 1.54) is 16.2 Å². The molecule has 6 rings (SSSR count). The summed E-state index contributed by atoms with van der Waals surface area (Å²) < 4.78 is 6.26. The topological polar surface area (TPSA) is 38.9 Å². The molecule has 0 saturated carbocycles. The lowest BCUT2D eigenvalue weighted by molar-refractivity contribution is 0.656. The summed E-state index contributed by atoms with van der Waals surface area (Å²) in [4.78, 5) is 9.26. The van der Waals surface area contributed by atoms with Crippen molar-refractivity contribution in [1.29, 1.82) is 0 Å². The fourth-order valence-electron chi connectivity index (χ4n) is 4.05. The highest BCUT2D eigenvalue weighted by Crippen LogP contribution is 2.40. The Morgan fingerprint density at radius 1 is 0.692 bits per heavy atom. The molecule has 0 aliphatic heterocycles. The van der Waals surface area contributed by atoms with Crippen LogP contribution in [0.2, 0.25) is 0 Å². The molecule has 6 aromatic rings. The van der Waals surface area contributed by atoms with Crippen LogP contribution in [0.25, 0.3) is 54.5 Å². The van der Waals surface area contributed by atoms with Crippen LogP contribution in [0.3, 0.4) is 0 Å².